The van der Waals surface area contributed by atoms with Crippen LogP contribution in [0.5, 0.6) is 0 Å². The summed E-state index contributed by atoms with van der Waals surface area (Å²) < 4.78 is 120. The fraction of sp³-hybridized carbons (Fsp3) is 0.229. The lowest BCUT2D eigenvalue weighted by atomic mass is 9.84. The second kappa shape index (κ2) is 20.4. The van der Waals surface area contributed by atoms with Crippen LogP contribution in [-0.4, -0.2) is 73.7 Å². The summed E-state index contributed by atoms with van der Waals surface area (Å²) in [5.74, 6) is -12.4. The van der Waals surface area contributed by atoms with Crippen LogP contribution in [0.2, 0.25) is 0 Å². The Kier molecular flexibility index (Phi) is 14.3. The molecule has 23 heteroatoms. The monoisotopic (exact) mass is 1040 g/mol. The van der Waals surface area contributed by atoms with Gasteiger partial charge in [-0.25, -0.2) is 26.9 Å². The minimum atomic E-state index is -4.13. The first-order valence-corrected chi connectivity index (χ1v) is 22.2. The molecule has 1 fully saturated rings. The summed E-state index contributed by atoms with van der Waals surface area (Å²) in [5.41, 5.74) is -5.33. The summed E-state index contributed by atoms with van der Waals surface area (Å²) in [5, 5.41) is 51.6. The molecule has 0 unspecified atom stereocenters. The van der Waals surface area contributed by atoms with Gasteiger partial charge in [-0.2, -0.15) is 22.8 Å². The van der Waals surface area contributed by atoms with Gasteiger partial charge in [0.2, 0.25) is 0 Å². The molecule has 364 valence electrons. The Labute approximate surface area is 407 Å². The lowest BCUT2D eigenvalue weighted by Crippen LogP contribution is -2.48. The quantitative estimate of drug-likeness (QED) is 0.105. The summed E-state index contributed by atoms with van der Waals surface area (Å²) in [6.07, 6.45) is 6.30. The minimum absolute atomic E-state index is 0.373. The fourth-order valence-electron chi connectivity index (χ4n) is 8.23. The van der Waals surface area contributed by atoms with E-state index in [1.807, 2.05) is 48.5 Å². The molecule has 0 bridgehead atoms. The highest BCUT2D eigenvalue weighted by molar-refractivity contribution is 9.10. The smallest absolute Gasteiger partial charge is 0.323 e. The third-order valence-electron chi connectivity index (χ3n) is 12.1. The number of piperidine rings is 1. The molecule has 0 saturated carbocycles. The molecule has 0 radical (unpaired) electrons. The molecule has 71 heavy (non-hydrogen) atoms. The van der Waals surface area contributed by atoms with Crippen LogP contribution in [0, 0.1) is 34.6 Å². The number of pyridine rings is 2. The van der Waals surface area contributed by atoms with E-state index in [1.165, 1.54) is 23.9 Å². The van der Waals surface area contributed by atoms with Gasteiger partial charge in [-0.3, -0.25) is 9.97 Å². The molecule has 2 atom stereocenters. The number of nitrogens with zero attached hydrogens (tertiary/aromatic N) is 12. The molecular weight excluding hydrogens is 1010 g/mol. The molecule has 2 N–H and O–H groups in total. The normalized spacial score (nSPS) is 15.0. The molecule has 4 aromatic carbocycles. The van der Waals surface area contributed by atoms with Gasteiger partial charge in [0, 0.05) is 64.5 Å². The molecule has 1 aliphatic rings. The second-order valence-corrected chi connectivity index (χ2v) is 17.4. The lowest BCUT2D eigenvalue weighted by molar-refractivity contribution is -0.207. The molecule has 1 saturated heterocycles. The summed E-state index contributed by atoms with van der Waals surface area (Å²) in [4.78, 5) is 9.88. The van der Waals surface area contributed by atoms with Crippen molar-refractivity contribution in [3.05, 3.63) is 196 Å². The Morgan fingerprint density at radius 1 is 0.620 bits per heavy atom. The van der Waals surface area contributed by atoms with Crippen molar-refractivity contribution in [3.63, 3.8) is 0 Å². The van der Waals surface area contributed by atoms with Crippen molar-refractivity contribution >= 4 is 21.6 Å². The standard InChI is InChI=1S/C33H27F4N7O.C15H10BrF4N5O/c34-27-8-11-29(30(35)17-27)32(45,20-44-21-40-41-42-44)33(36,37)31-12-7-26(19-39-31)24-5-3-23(4-6-24)25-13-15-43(16-14-25)28-9-1-22(18-38)2-10-28;16-9-1-4-13(21-6-9)15(19,20)14(26,7-25-8-22-23-24-25)11-3-2-10(17)5-12(11)18/h1-12,17,19,21,25,45H,13-16,20H2;1-6,8,26H,7H2/t32-;14-/m00/s1. The maximum absolute atomic E-state index is 16.1. The Bertz CT molecular complexity index is 3110. The van der Waals surface area contributed by atoms with Crippen LogP contribution in [0.25, 0.3) is 11.1 Å². The first kappa shape index (κ1) is 49.9. The van der Waals surface area contributed by atoms with E-state index < -0.39 is 81.9 Å². The topological polar surface area (TPSA) is 180 Å². The van der Waals surface area contributed by atoms with Crippen molar-refractivity contribution < 1.29 is 45.3 Å². The second-order valence-electron chi connectivity index (χ2n) is 16.5. The zero-order valence-electron chi connectivity index (χ0n) is 36.7. The number of hydrogen-bond acceptors (Lipinski definition) is 12. The van der Waals surface area contributed by atoms with Crippen LogP contribution in [0.15, 0.2) is 139 Å². The Morgan fingerprint density at radius 3 is 1.54 bits per heavy atom. The summed E-state index contributed by atoms with van der Waals surface area (Å²) >= 11 is 3.07. The average Bonchev–Trinajstić information content (AvgIpc) is 4.09. The van der Waals surface area contributed by atoms with Gasteiger partial charge in [-0.15, -0.1) is 10.2 Å². The van der Waals surface area contributed by atoms with Crippen LogP contribution >= 0.6 is 15.9 Å². The Morgan fingerprint density at radius 2 is 1.11 bits per heavy atom. The molecule has 9 rings (SSSR count). The van der Waals surface area contributed by atoms with E-state index in [-0.39, 0.29) is 0 Å². The van der Waals surface area contributed by atoms with E-state index in [0.29, 0.717) is 33.7 Å². The number of benzene rings is 4. The molecule has 5 heterocycles. The maximum Gasteiger partial charge on any atom is 0.323 e. The van der Waals surface area contributed by atoms with Gasteiger partial charge in [0.1, 0.15) is 47.3 Å². The van der Waals surface area contributed by atoms with E-state index in [1.54, 1.807) is 0 Å². The van der Waals surface area contributed by atoms with Crippen molar-refractivity contribution in [2.24, 2.45) is 0 Å². The van der Waals surface area contributed by atoms with Gasteiger partial charge in [-0.1, -0.05) is 30.3 Å². The van der Waals surface area contributed by atoms with Crippen molar-refractivity contribution in [3.8, 4) is 17.2 Å². The van der Waals surface area contributed by atoms with Crippen LogP contribution in [0.3, 0.4) is 0 Å². The maximum atomic E-state index is 16.1. The molecule has 0 spiro atoms. The van der Waals surface area contributed by atoms with Crippen LogP contribution in [-0.2, 0) is 36.1 Å². The number of rotatable bonds is 13. The van der Waals surface area contributed by atoms with E-state index in [2.05, 4.69) is 67.9 Å². The number of nitriles is 1. The number of aromatic nitrogens is 10. The predicted molar refractivity (Wildman–Crippen MR) is 241 cm³/mol. The van der Waals surface area contributed by atoms with E-state index in [9.17, 15) is 27.8 Å². The molecule has 14 nitrogen and oxygen atoms in total. The number of aliphatic hydroxyl groups is 2. The largest absolute Gasteiger partial charge is 0.377 e. The summed E-state index contributed by atoms with van der Waals surface area (Å²) in [7, 11) is 0. The van der Waals surface area contributed by atoms with Gasteiger partial charge >= 0.3 is 11.8 Å². The zero-order valence-corrected chi connectivity index (χ0v) is 38.3. The molecule has 0 aliphatic carbocycles. The number of hydrogen-bond donors (Lipinski definition) is 2. The Balaban J connectivity index is 0.000000221. The minimum Gasteiger partial charge on any atom is -0.377 e. The van der Waals surface area contributed by atoms with Gasteiger partial charge in [0.25, 0.3) is 0 Å². The molecule has 8 aromatic rings. The summed E-state index contributed by atoms with van der Waals surface area (Å²) in [6.45, 7) is -0.0425. The SMILES string of the molecule is N#Cc1ccc(N2CCC(c3ccc(-c4ccc(C(F)(F)[C@](O)(Cn5cnnn5)c5ccc(F)cc5F)nc4)cc3)CC2)cc1.O[C@@](Cn1cnnn1)(c1ccc(F)cc1F)C(F)(F)c1ccc(Br)cn1. The van der Waals surface area contributed by atoms with Gasteiger partial charge < -0.3 is 15.1 Å². The Hall–Kier alpha value is -7.55. The predicted octanol–water partition coefficient (Wildman–Crippen LogP) is 8.74. The van der Waals surface area contributed by atoms with Crippen molar-refractivity contribution in [2.75, 3.05) is 18.0 Å². The van der Waals surface area contributed by atoms with Crippen molar-refractivity contribution in [1.29, 1.82) is 5.26 Å². The third kappa shape index (κ3) is 10.4. The number of alkyl halides is 4. The highest BCUT2D eigenvalue weighted by Gasteiger charge is 2.59. The molecule has 0 amide bonds. The van der Waals surface area contributed by atoms with Crippen LogP contribution in [0.4, 0.5) is 40.8 Å². The van der Waals surface area contributed by atoms with Crippen molar-refractivity contribution in [1.82, 2.24) is 50.4 Å². The zero-order chi connectivity index (χ0) is 50.6. The number of halogens is 9. The summed E-state index contributed by atoms with van der Waals surface area (Å²) in [6, 6.07) is 26.4. The molecular formula is C48H37BrF8N12O2. The highest BCUT2D eigenvalue weighted by atomic mass is 79.9. The van der Waals surface area contributed by atoms with E-state index in [0.717, 1.165) is 102 Å². The number of tetrazole rings is 2. The fourth-order valence-corrected chi connectivity index (χ4v) is 8.47. The van der Waals surface area contributed by atoms with E-state index in [4.69, 9.17) is 5.26 Å². The van der Waals surface area contributed by atoms with Crippen molar-refractivity contribution in [2.45, 2.75) is 54.9 Å². The van der Waals surface area contributed by atoms with Gasteiger partial charge in [0.05, 0.1) is 24.7 Å². The van der Waals surface area contributed by atoms with Gasteiger partial charge in [0.15, 0.2) is 11.2 Å². The van der Waals surface area contributed by atoms with Crippen LogP contribution in [0.1, 0.15) is 52.4 Å². The number of anilines is 1. The first-order valence-electron chi connectivity index (χ1n) is 21.4. The first-order chi connectivity index (χ1) is 33.9. The molecule has 1 aliphatic heterocycles. The highest BCUT2D eigenvalue weighted by Crippen LogP contribution is 2.48. The van der Waals surface area contributed by atoms with E-state index >= 15 is 17.6 Å². The lowest BCUT2D eigenvalue weighted by Gasteiger charge is -2.35. The average molecular weight is 1050 g/mol. The third-order valence-corrected chi connectivity index (χ3v) is 12.5. The molecule has 4 aromatic heterocycles. The van der Waals surface area contributed by atoms with Crippen LogP contribution < -0.4 is 4.90 Å². The van der Waals surface area contributed by atoms with Gasteiger partial charge in [-0.05, 0) is 133 Å².